The molecule has 3 aliphatic heterocycles. The first-order valence-corrected chi connectivity index (χ1v) is 16.3. The normalized spacial score (nSPS) is 30.2. The molecule has 5 amide bonds. The summed E-state index contributed by atoms with van der Waals surface area (Å²) < 4.78 is 10.9. The van der Waals surface area contributed by atoms with E-state index in [0.29, 0.717) is 12.8 Å². The van der Waals surface area contributed by atoms with E-state index in [-0.39, 0.29) is 36.2 Å². The van der Waals surface area contributed by atoms with Crippen molar-refractivity contribution in [1.82, 2.24) is 26.7 Å². The lowest BCUT2D eigenvalue weighted by Gasteiger charge is -2.42. The molecule has 0 aromatic heterocycles. The molecule has 0 unspecified atom stereocenters. The molecule has 3 saturated heterocycles. The smallest absolute Gasteiger partial charge is 0.324 e. The third-order valence-corrected chi connectivity index (χ3v) is 9.54. The summed E-state index contributed by atoms with van der Waals surface area (Å²) in [6.07, 6.45) is -6.19. The number of unbranched alkanes of at least 4 members (excludes halogenated alkanes) is 1. The second-order valence-electron chi connectivity index (χ2n) is 11.6. The molecule has 3 aliphatic rings. The van der Waals surface area contributed by atoms with E-state index in [0.717, 1.165) is 12.2 Å². The van der Waals surface area contributed by atoms with Crippen LogP contribution in [0.5, 0.6) is 0 Å². The van der Waals surface area contributed by atoms with Crippen LogP contribution in [0.3, 0.4) is 0 Å². The summed E-state index contributed by atoms with van der Waals surface area (Å²) in [5.41, 5.74) is 7.56. The van der Waals surface area contributed by atoms with Gasteiger partial charge in [0, 0.05) is 23.8 Å². The lowest BCUT2D eigenvalue weighted by molar-refractivity contribution is -0.279. The minimum atomic E-state index is -1.74. The first kappa shape index (κ1) is 38.2. The zero-order valence-electron chi connectivity index (χ0n) is 26.0. The Kier molecular flexibility index (Phi) is 14.4. The van der Waals surface area contributed by atoms with Crippen molar-refractivity contribution in [2.75, 3.05) is 12.4 Å². The number of primary amides is 1. The number of rotatable bonds is 18. The minimum Gasteiger partial charge on any atom is -0.481 e. The van der Waals surface area contributed by atoms with Gasteiger partial charge in [0.1, 0.15) is 42.5 Å². The standard InChI is InChI=1S/C27H44N6O13S/c1-11(24(40)30-13(23(28)39)7-8-17(35)36)29-25(41)12(2)44-22-20(26(42)45-15(9-34)21(22)38)33-46-18(37)6-4-3-5-16-19-14(10-47-16)31-27(43)32-19/h11-16,19-22,26,33-34,38,42H,3-10H2,1-2H3,(H2,28,39)(H,29,41)(H,30,40)(H,35,36)(H2,31,32,43)/t11-,12+,13+,14-,15+,16-,19-,20+,21+,22+,26+/m0/s1. The number of carbonyl (C=O) groups is 6. The zero-order valence-corrected chi connectivity index (χ0v) is 26.8. The number of aliphatic hydroxyl groups is 3. The summed E-state index contributed by atoms with van der Waals surface area (Å²) in [6, 6.07) is -3.94. The number of carbonyl (C=O) groups excluding carboxylic acids is 5. The Morgan fingerprint density at radius 2 is 1.81 bits per heavy atom. The van der Waals surface area contributed by atoms with Gasteiger partial charge in [-0.3, -0.25) is 24.0 Å². The average molecular weight is 693 g/mol. The molecule has 0 aliphatic carbocycles. The Labute approximate surface area is 274 Å². The second kappa shape index (κ2) is 17.8. The molecule has 0 aromatic carbocycles. The Bertz CT molecular complexity index is 1150. The predicted octanol–water partition coefficient (Wildman–Crippen LogP) is -3.69. The molecule has 11 atom stereocenters. The van der Waals surface area contributed by atoms with Gasteiger partial charge in [-0.1, -0.05) is 6.42 Å². The van der Waals surface area contributed by atoms with Gasteiger partial charge in [-0.25, -0.2) is 4.79 Å². The van der Waals surface area contributed by atoms with Gasteiger partial charge in [0.25, 0.3) is 0 Å². The largest absolute Gasteiger partial charge is 0.481 e. The number of fused-ring (bicyclic) bond motifs is 1. The lowest BCUT2D eigenvalue weighted by atomic mass is 9.97. The van der Waals surface area contributed by atoms with Crippen molar-refractivity contribution in [2.24, 2.45) is 5.73 Å². The van der Waals surface area contributed by atoms with Crippen LogP contribution in [0.2, 0.25) is 0 Å². The van der Waals surface area contributed by atoms with Crippen LogP contribution in [0, 0.1) is 0 Å². The number of nitrogens with one attached hydrogen (secondary N) is 5. The van der Waals surface area contributed by atoms with Gasteiger partial charge >= 0.3 is 18.0 Å². The number of nitrogens with two attached hydrogens (primary N) is 1. The number of hydroxylamine groups is 1. The molecule has 3 rings (SSSR count). The summed E-state index contributed by atoms with van der Waals surface area (Å²) in [4.78, 5) is 76.9. The van der Waals surface area contributed by atoms with E-state index >= 15 is 0 Å². The van der Waals surface area contributed by atoms with Gasteiger partial charge in [-0.15, -0.1) is 5.48 Å². The fourth-order valence-electron chi connectivity index (χ4n) is 5.36. The molecule has 266 valence electrons. The molecule has 19 nitrogen and oxygen atoms in total. The molecule has 3 heterocycles. The first-order valence-electron chi connectivity index (χ1n) is 15.2. The van der Waals surface area contributed by atoms with E-state index in [2.05, 4.69) is 26.7 Å². The number of ether oxygens (including phenoxy) is 2. The highest BCUT2D eigenvalue weighted by Crippen LogP contribution is 2.33. The van der Waals surface area contributed by atoms with Gasteiger partial charge in [0.05, 0.1) is 18.7 Å². The predicted molar refractivity (Wildman–Crippen MR) is 161 cm³/mol. The van der Waals surface area contributed by atoms with Crippen LogP contribution < -0.4 is 32.5 Å². The quantitative estimate of drug-likeness (QED) is 0.0376. The van der Waals surface area contributed by atoms with Crippen molar-refractivity contribution >= 4 is 47.5 Å². The maximum Gasteiger partial charge on any atom is 0.324 e. The van der Waals surface area contributed by atoms with Crippen molar-refractivity contribution in [3.63, 3.8) is 0 Å². The highest BCUT2D eigenvalue weighted by atomic mass is 32.2. The van der Waals surface area contributed by atoms with Gasteiger partial charge < -0.3 is 61.7 Å². The van der Waals surface area contributed by atoms with Gasteiger partial charge in [0.15, 0.2) is 6.29 Å². The number of urea groups is 1. The number of thioether (sulfide) groups is 1. The Hall–Kier alpha value is -3.27. The molecule has 0 aromatic rings. The zero-order chi connectivity index (χ0) is 34.8. The van der Waals surface area contributed by atoms with Crippen molar-refractivity contribution in [3.05, 3.63) is 0 Å². The van der Waals surface area contributed by atoms with E-state index in [1.807, 2.05) is 0 Å². The fourth-order valence-corrected chi connectivity index (χ4v) is 6.90. The number of aliphatic carboxylic acids is 1. The number of carboxylic acid groups (broad SMARTS) is 1. The molecule has 0 spiro atoms. The van der Waals surface area contributed by atoms with Crippen LogP contribution in [0.1, 0.15) is 52.4 Å². The fraction of sp³-hybridized carbons (Fsp3) is 0.778. The average Bonchev–Trinajstić information content (AvgIpc) is 3.57. The molecular formula is C27H44N6O13S. The topological polar surface area (TPSA) is 297 Å². The summed E-state index contributed by atoms with van der Waals surface area (Å²) >= 11 is 1.76. The Balaban J connectivity index is 1.49. The van der Waals surface area contributed by atoms with Gasteiger partial charge in [-0.05, 0) is 33.1 Å². The van der Waals surface area contributed by atoms with Gasteiger partial charge in [-0.2, -0.15) is 11.8 Å². The van der Waals surface area contributed by atoms with Crippen molar-refractivity contribution in [1.29, 1.82) is 0 Å². The van der Waals surface area contributed by atoms with Crippen molar-refractivity contribution in [2.45, 2.75) is 119 Å². The van der Waals surface area contributed by atoms with E-state index in [9.17, 15) is 44.1 Å². The number of carboxylic acids is 1. The second-order valence-corrected chi connectivity index (χ2v) is 12.9. The van der Waals surface area contributed by atoms with Crippen LogP contribution in [0.15, 0.2) is 0 Å². The molecule has 47 heavy (non-hydrogen) atoms. The molecule has 0 radical (unpaired) electrons. The van der Waals surface area contributed by atoms with Crippen LogP contribution in [-0.2, 0) is 38.3 Å². The summed E-state index contributed by atoms with van der Waals surface area (Å²) in [5, 5.41) is 50.4. The highest BCUT2D eigenvalue weighted by molar-refractivity contribution is 8.00. The summed E-state index contributed by atoms with van der Waals surface area (Å²) in [6.45, 7) is 1.86. The summed E-state index contributed by atoms with van der Waals surface area (Å²) in [7, 11) is 0. The molecular weight excluding hydrogens is 648 g/mol. The molecule has 0 saturated carbocycles. The monoisotopic (exact) mass is 692 g/mol. The highest BCUT2D eigenvalue weighted by Gasteiger charge is 2.47. The van der Waals surface area contributed by atoms with Crippen LogP contribution in [0.4, 0.5) is 4.79 Å². The maximum atomic E-state index is 12.9. The molecule has 3 fully saturated rings. The van der Waals surface area contributed by atoms with E-state index < -0.39 is 91.5 Å². The number of amides is 5. The number of hydrogen-bond acceptors (Lipinski definition) is 14. The lowest BCUT2D eigenvalue weighted by Crippen LogP contribution is -2.65. The van der Waals surface area contributed by atoms with E-state index in [1.165, 1.54) is 13.8 Å². The van der Waals surface area contributed by atoms with E-state index in [4.69, 9.17) is 25.2 Å². The molecule has 0 bridgehead atoms. The molecule has 20 heteroatoms. The van der Waals surface area contributed by atoms with Gasteiger partial charge in [0.2, 0.25) is 17.7 Å². The maximum absolute atomic E-state index is 12.9. The SMILES string of the molecule is C[C@H](NC(=O)[C@@H](C)O[C@H]1[C@H](O)[C@@H](CO)O[C@@H](O)[C@@H]1NOC(=O)CCCC[C@@H]1SC[C@@H]2NC(=O)N[C@@H]21)C(=O)N[C@H](CCC(=O)O)C(N)=O. The molecule has 11 N–H and O–H groups in total. The van der Waals surface area contributed by atoms with Crippen molar-refractivity contribution in [3.8, 4) is 0 Å². The number of hydrogen-bond donors (Lipinski definition) is 10. The van der Waals surface area contributed by atoms with Crippen LogP contribution in [0.25, 0.3) is 0 Å². The summed E-state index contributed by atoms with van der Waals surface area (Å²) in [5.74, 6) is -3.69. The third-order valence-electron chi connectivity index (χ3n) is 8.03. The van der Waals surface area contributed by atoms with Crippen LogP contribution >= 0.6 is 11.8 Å². The Morgan fingerprint density at radius 1 is 1.09 bits per heavy atom. The Morgan fingerprint density at radius 3 is 2.47 bits per heavy atom. The van der Waals surface area contributed by atoms with Crippen LogP contribution in [-0.4, -0.2) is 135 Å². The first-order chi connectivity index (χ1) is 22.2. The third kappa shape index (κ3) is 10.9. The number of aliphatic hydroxyl groups excluding tert-OH is 3. The minimum absolute atomic E-state index is 0.0196. The van der Waals surface area contributed by atoms with E-state index in [1.54, 1.807) is 11.8 Å². The van der Waals surface area contributed by atoms with Crippen molar-refractivity contribution < 1.29 is 63.5 Å².